The van der Waals surface area contributed by atoms with Gasteiger partial charge in [-0.3, -0.25) is 4.79 Å². The van der Waals surface area contributed by atoms with Gasteiger partial charge in [0.2, 0.25) is 10.0 Å². The Morgan fingerprint density at radius 1 is 1.23 bits per heavy atom. The number of benzene rings is 2. The number of primary sulfonamides is 1. The zero-order valence-electron chi connectivity index (χ0n) is 13.8. The van der Waals surface area contributed by atoms with Crippen molar-refractivity contribution in [2.45, 2.75) is 24.8 Å². The fraction of sp³-hybridized carbons (Fsp3) is 0.176. The predicted octanol–water partition coefficient (Wildman–Crippen LogP) is 3.26. The third-order valence-corrected chi connectivity index (χ3v) is 6.20. The summed E-state index contributed by atoms with van der Waals surface area (Å²) in [6, 6.07) is 11.7. The van der Waals surface area contributed by atoms with Gasteiger partial charge in [0.25, 0.3) is 5.91 Å². The topological polar surface area (TPSA) is 94.5 Å². The van der Waals surface area contributed by atoms with E-state index in [0.717, 1.165) is 16.4 Å². The Kier molecular flexibility index (Phi) is 5.42. The zero-order chi connectivity index (χ0) is 18.9. The Bertz CT molecular complexity index is 1150. The summed E-state index contributed by atoms with van der Waals surface area (Å²) < 4.78 is 26.7. The second-order valence-electron chi connectivity index (χ2n) is 5.63. The van der Waals surface area contributed by atoms with Crippen LogP contribution in [0.4, 0.5) is 0 Å². The Balaban J connectivity index is 2.16. The molecule has 3 aromatic rings. The third kappa shape index (κ3) is 3.96. The molecule has 2 aromatic carbocycles. The summed E-state index contributed by atoms with van der Waals surface area (Å²) in [6.45, 7) is 2.69. The molecule has 9 heteroatoms. The molecule has 2 N–H and O–H groups in total. The van der Waals surface area contributed by atoms with Crippen LogP contribution in [-0.4, -0.2) is 18.9 Å². The maximum absolute atomic E-state index is 12.5. The van der Waals surface area contributed by atoms with E-state index in [1.807, 2.05) is 11.5 Å². The number of aryl methyl sites for hydroxylation is 1. The van der Waals surface area contributed by atoms with Crippen molar-refractivity contribution in [3.05, 3.63) is 57.3 Å². The van der Waals surface area contributed by atoms with Crippen LogP contribution in [0.15, 0.2) is 56.8 Å². The molecule has 0 radical (unpaired) electrons. The second kappa shape index (κ2) is 7.43. The van der Waals surface area contributed by atoms with Crippen molar-refractivity contribution >= 4 is 53.4 Å². The van der Waals surface area contributed by atoms with Gasteiger partial charge in [0.15, 0.2) is 4.80 Å². The van der Waals surface area contributed by atoms with Gasteiger partial charge in [-0.1, -0.05) is 34.2 Å². The summed E-state index contributed by atoms with van der Waals surface area (Å²) in [5, 5.41) is 5.21. The Labute approximate surface area is 163 Å². The van der Waals surface area contributed by atoms with Crippen LogP contribution in [0.25, 0.3) is 10.2 Å². The summed E-state index contributed by atoms with van der Waals surface area (Å²) in [7, 11) is -3.78. The first-order valence-corrected chi connectivity index (χ1v) is 11.0. The number of thiazole rings is 1. The largest absolute Gasteiger partial charge is 0.316 e. The molecule has 0 bridgehead atoms. The Hall–Kier alpha value is -1.81. The van der Waals surface area contributed by atoms with Crippen LogP contribution >= 0.6 is 27.3 Å². The number of fused-ring (bicyclic) bond motifs is 1. The highest BCUT2D eigenvalue weighted by molar-refractivity contribution is 9.10. The minimum absolute atomic E-state index is 0.0423. The number of hydrogen-bond acceptors (Lipinski definition) is 4. The molecule has 0 saturated carbocycles. The smallest absolute Gasteiger partial charge is 0.279 e. The third-order valence-electron chi connectivity index (χ3n) is 3.72. The molecule has 1 aromatic heterocycles. The lowest BCUT2D eigenvalue weighted by Gasteiger charge is -2.03. The van der Waals surface area contributed by atoms with Crippen LogP contribution in [0.1, 0.15) is 23.7 Å². The average Bonchev–Trinajstić information content (AvgIpc) is 2.92. The van der Waals surface area contributed by atoms with E-state index in [0.29, 0.717) is 21.6 Å². The summed E-state index contributed by atoms with van der Waals surface area (Å²) >= 11 is 4.60. The number of halogens is 1. The van der Waals surface area contributed by atoms with Crippen LogP contribution in [0.3, 0.4) is 0 Å². The molecule has 0 aliphatic rings. The van der Waals surface area contributed by atoms with E-state index in [2.05, 4.69) is 20.9 Å². The molecule has 0 atom stereocenters. The standard InChI is InChI=1S/C17H16BrN3O3S2/c1-2-9-21-14-8-7-13(26(19,23)24)10-15(14)25-17(21)20-16(22)11-3-5-12(18)6-4-11/h3-8,10H,2,9H2,1H3,(H2,19,23,24). The number of aromatic nitrogens is 1. The highest BCUT2D eigenvalue weighted by Gasteiger charge is 2.13. The molecule has 136 valence electrons. The predicted molar refractivity (Wildman–Crippen MR) is 106 cm³/mol. The van der Waals surface area contributed by atoms with Crippen molar-refractivity contribution in [3.63, 3.8) is 0 Å². The van der Waals surface area contributed by atoms with Crippen LogP contribution in [-0.2, 0) is 16.6 Å². The van der Waals surface area contributed by atoms with Gasteiger partial charge in [-0.05, 0) is 48.9 Å². The number of rotatable bonds is 4. The maximum Gasteiger partial charge on any atom is 0.279 e. The minimum Gasteiger partial charge on any atom is -0.316 e. The second-order valence-corrected chi connectivity index (χ2v) is 9.12. The fourth-order valence-corrected chi connectivity index (χ4v) is 4.47. The lowest BCUT2D eigenvalue weighted by molar-refractivity contribution is 0.0998. The Morgan fingerprint density at radius 2 is 1.92 bits per heavy atom. The van der Waals surface area contributed by atoms with Crippen LogP contribution in [0.5, 0.6) is 0 Å². The van der Waals surface area contributed by atoms with E-state index in [1.165, 1.54) is 23.5 Å². The van der Waals surface area contributed by atoms with E-state index < -0.39 is 10.0 Å². The van der Waals surface area contributed by atoms with Gasteiger partial charge >= 0.3 is 0 Å². The first kappa shape index (κ1) is 19.0. The van der Waals surface area contributed by atoms with E-state index >= 15 is 0 Å². The first-order chi connectivity index (χ1) is 12.3. The molecule has 0 aliphatic heterocycles. The summed E-state index contributed by atoms with van der Waals surface area (Å²) in [6.07, 6.45) is 0.850. The fourth-order valence-electron chi connectivity index (χ4n) is 2.50. The van der Waals surface area contributed by atoms with Gasteiger partial charge in [0.1, 0.15) is 0 Å². The Morgan fingerprint density at radius 3 is 2.54 bits per heavy atom. The highest BCUT2D eigenvalue weighted by Crippen LogP contribution is 2.22. The lowest BCUT2D eigenvalue weighted by Crippen LogP contribution is -2.17. The van der Waals surface area contributed by atoms with Gasteiger partial charge in [0.05, 0.1) is 15.1 Å². The number of hydrogen-bond donors (Lipinski definition) is 1. The molecule has 0 saturated heterocycles. The van der Waals surface area contributed by atoms with Crippen molar-refractivity contribution in [2.24, 2.45) is 10.1 Å². The summed E-state index contributed by atoms with van der Waals surface area (Å²) in [5.74, 6) is -0.347. The van der Waals surface area contributed by atoms with E-state index in [4.69, 9.17) is 5.14 Å². The van der Waals surface area contributed by atoms with Gasteiger partial charge in [-0.25, -0.2) is 13.6 Å². The number of nitrogens with two attached hydrogens (primary N) is 1. The van der Waals surface area contributed by atoms with Gasteiger partial charge in [-0.15, -0.1) is 0 Å². The van der Waals surface area contributed by atoms with Crippen molar-refractivity contribution in [1.29, 1.82) is 0 Å². The molecule has 6 nitrogen and oxygen atoms in total. The first-order valence-electron chi connectivity index (χ1n) is 7.80. The maximum atomic E-state index is 12.5. The molecule has 0 aliphatic carbocycles. The molecular weight excluding hydrogens is 438 g/mol. The minimum atomic E-state index is -3.78. The molecular formula is C17H16BrN3O3S2. The highest BCUT2D eigenvalue weighted by atomic mass is 79.9. The molecule has 1 amide bonds. The zero-order valence-corrected chi connectivity index (χ0v) is 17.1. The van der Waals surface area contributed by atoms with Crippen molar-refractivity contribution < 1.29 is 13.2 Å². The number of amides is 1. The number of sulfonamides is 1. The van der Waals surface area contributed by atoms with Crippen molar-refractivity contribution in [2.75, 3.05) is 0 Å². The van der Waals surface area contributed by atoms with Crippen LogP contribution in [0, 0.1) is 0 Å². The quantitative estimate of drug-likeness (QED) is 0.656. The van der Waals surface area contributed by atoms with Gasteiger partial charge < -0.3 is 4.57 Å². The SMILES string of the molecule is CCCn1c(=NC(=O)c2ccc(Br)cc2)sc2cc(S(N)(=O)=O)ccc21. The molecule has 3 rings (SSSR count). The average molecular weight is 454 g/mol. The number of carbonyl (C=O) groups is 1. The molecule has 0 unspecified atom stereocenters. The number of carbonyl (C=O) groups excluding carboxylic acids is 1. The molecule has 0 fully saturated rings. The van der Waals surface area contributed by atoms with E-state index in [-0.39, 0.29) is 10.8 Å². The monoisotopic (exact) mass is 453 g/mol. The molecule has 1 heterocycles. The summed E-state index contributed by atoms with van der Waals surface area (Å²) in [4.78, 5) is 17.3. The van der Waals surface area contributed by atoms with E-state index in [1.54, 1.807) is 30.3 Å². The van der Waals surface area contributed by atoms with Gasteiger partial charge in [-0.2, -0.15) is 4.99 Å². The van der Waals surface area contributed by atoms with Gasteiger partial charge in [0, 0.05) is 16.6 Å². The number of nitrogens with zero attached hydrogens (tertiary/aromatic N) is 2. The molecule has 26 heavy (non-hydrogen) atoms. The van der Waals surface area contributed by atoms with Crippen molar-refractivity contribution in [3.8, 4) is 0 Å². The lowest BCUT2D eigenvalue weighted by atomic mass is 10.2. The summed E-state index contributed by atoms with van der Waals surface area (Å²) in [5.41, 5.74) is 1.31. The normalized spacial score (nSPS) is 12.7. The van der Waals surface area contributed by atoms with Crippen molar-refractivity contribution in [1.82, 2.24) is 4.57 Å². The van der Waals surface area contributed by atoms with Crippen LogP contribution in [0.2, 0.25) is 0 Å². The van der Waals surface area contributed by atoms with Crippen LogP contribution < -0.4 is 9.94 Å². The molecule has 0 spiro atoms. The van der Waals surface area contributed by atoms with E-state index in [9.17, 15) is 13.2 Å².